The highest BCUT2D eigenvalue weighted by Gasteiger charge is 2.23. The summed E-state index contributed by atoms with van der Waals surface area (Å²) in [6.45, 7) is 0. The van der Waals surface area contributed by atoms with Gasteiger partial charge < -0.3 is 5.32 Å². The average Bonchev–Trinajstić information content (AvgIpc) is 3.21. The number of hydrogen-bond acceptors (Lipinski definition) is 3. The molecule has 0 saturated heterocycles. The van der Waals surface area contributed by atoms with Crippen molar-refractivity contribution >= 4 is 46.2 Å². The summed E-state index contributed by atoms with van der Waals surface area (Å²) >= 11 is 1.50. The molecule has 0 spiro atoms. The molecule has 5 rings (SSSR count). The van der Waals surface area contributed by atoms with Crippen molar-refractivity contribution in [3.63, 3.8) is 0 Å². The second-order valence-corrected chi connectivity index (χ2v) is 9.48. The molecule has 3 aromatic carbocycles. The first-order valence-electron chi connectivity index (χ1n) is 11.6. The van der Waals surface area contributed by atoms with E-state index in [9.17, 15) is 9.59 Å². The number of nitrogens with zero attached hydrogens (tertiary/aromatic N) is 1. The number of thioether (sulfide) groups is 1. The minimum absolute atomic E-state index is 0.101. The summed E-state index contributed by atoms with van der Waals surface area (Å²) in [6.07, 6.45) is 7.63. The van der Waals surface area contributed by atoms with Gasteiger partial charge in [-0.15, -0.1) is 11.8 Å². The van der Waals surface area contributed by atoms with Gasteiger partial charge in [-0.25, -0.2) is 0 Å². The molecule has 0 aliphatic heterocycles. The molecule has 1 heterocycles. The lowest BCUT2D eigenvalue weighted by molar-refractivity contribution is -0.111. The molecule has 0 saturated carbocycles. The van der Waals surface area contributed by atoms with Gasteiger partial charge in [0.25, 0.3) is 0 Å². The summed E-state index contributed by atoms with van der Waals surface area (Å²) in [5.74, 6) is 0.258. The van der Waals surface area contributed by atoms with Gasteiger partial charge in [-0.2, -0.15) is 0 Å². The van der Waals surface area contributed by atoms with Crippen LogP contribution in [0.25, 0.3) is 17.0 Å². The molecule has 0 radical (unpaired) electrons. The van der Waals surface area contributed by atoms with Crippen molar-refractivity contribution in [1.29, 1.82) is 0 Å². The first-order valence-corrected chi connectivity index (χ1v) is 12.6. The number of anilines is 1. The quantitative estimate of drug-likeness (QED) is 0.257. The lowest BCUT2D eigenvalue weighted by Crippen LogP contribution is -2.18. The molecule has 1 aliphatic rings. The Bertz CT molecular complexity index is 1370. The summed E-state index contributed by atoms with van der Waals surface area (Å²) in [7, 11) is 0. The highest BCUT2D eigenvalue weighted by atomic mass is 32.2. The third-order valence-electron chi connectivity index (χ3n) is 6.12. The third kappa shape index (κ3) is 4.85. The molecule has 0 bridgehead atoms. The number of aromatic nitrogens is 1. The number of para-hydroxylation sites is 1. The van der Waals surface area contributed by atoms with Crippen molar-refractivity contribution in [2.45, 2.75) is 30.6 Å². The SMILES string of the molecule is O=C(/C=C/c1ccccc1)Nc1cccc(SCC(=O)n2c3c(c4ccccc42)CCCC3)c1. The van der Waals surface area contributed by atoms with Gasteiger partial charge in [-0.05, 0) is 67.2 Å². The van der Waals surface area contributed by atoms with E-state index in [0.29, 0.717) is 11.4 Å². The predicted molar refractivity (Wildman–Crippen MR) is 140 cm³/mol. The fraction of sp³-hybridized carbons (Fsp3) is 0.172. The fourth-order valence-electron chi connectivity index (χ4n) is 4.57. The van der Waals surface area contributed by atoms with E-state index in [2.05, 4.69) is 23.5 Å². The number of rotatable bonds is 6. The molecular formula is C29H26N2O2S. The minimum atomic E-state index is -0.187. The Hall–Kier alpha value is -3.57. The second kappa shape index (κ2) is 10.1. The van der Waals surface area contributed by atoms with Crippen LogP contribution >= 0.6 is 11.8 Å². The van der Waals surface area contributed by atoms with Crippen LogP contribution in [0.4, 0.5) is 5.69 Å². The van der Waals surface area contributed by atoms with Crippen LogP contribution in [0.5, 0.6) is 0 Å². The number of amides is 1. The van der Waals surface area contributed by atoms with Crippen LogP contribution in [0.2, 0.25) is 0 Å². The molecule has 0 fully saturated rings. The Kier molecular flexibility index (Phi) is 6.63. The number of carbonyl (C=O) groups excluding carboxylic acids is 2. The van der Waals surface area contributed by atoms with Gasteiger partial charge in [-0.1, -0.05) is 54.6 Å². The van der Waals surface area contributed by atoms with E-state index in [-0.39, 0.29) is 11.8 Å². The zero-order valence-corrected chi connectivity index (χ0v) is 19.7. The van der Waals surface area contributed by atoms with E-state index in [1.807, 2.05) is 65.2 Å². The zero-order chi connectivity index (χ0) is 23.3. The van der Waals surface area contributed by atoms with Crippen molar-refractivity contribution in [3.8, 4) is 0 Å². The lowest BCUT2D eigenvalue weighted by atomic mass is 9.96. The van der Waals surface area contributed by atoms with E-state index in [4.69, 9.17) is 0 Å². The predicted octanol–water partition coefficient (Wildman–Crippen LogP) is 6.60. The van der Waals surface area contributed by atoms with Crippen molar-refractivity contribution in [2.75, 3.05) is 11.1 Å². The molecular weight excluding hydrogens is 440 g/mol. The van der Waals surface area contributed by atoms with Gasteiger partial charge in [0.05, 0.1) is 11.3 Å². The zero-order valence-electron chi connectivity index (χ0n) is 18.9. The normalized spacial score (nSPS) is 13.2. The molecule has 34 heavy (non-hydrogen) atoms. The highest BCUT2D eigenvalue weighted by Crippen LogP contribution is 2.33. The summed E-state index contributed by atoms with van der Waals surface area (Å²) in [5, 5.41) is 4.12. The maximum absolute atomic E-state index is 13.3. The average molecular weight is 467 g/mol. The molecule has 5 heteroatoms. The summed E-state index contributed by atoms with van der Waals surface area (Å²) < 4.78 is 1.94. The monoisotopic (exact) mass is 466 g/mol. The van der Waals surface area contributed by atoms with Gasteiger partial charge in [0.15, 0.2) is 0 Å². The molecule has 1 amide bonds. The topological polar surface area (TPSA) is 51.1 Å². The molecule has 1 aromatic heterocycles. The van der Waals surface area contributed by atoms with Crippen LogP contribution in [0.1, 0.15) is 34.5 Å². The van der Waals surface area contributed by atoms with Crippen molar-refractivity contribution in [2.24, 2.45) is 0 Å². The Labute approximate surface area is 203 Å². The van der Waals surface area contributed by atoms with Crippen LogP contribution in [-0.4, -0.2) is 22.1 Å². The summed E-state index contributed by atoms with van der Waals surface area (Å²) in [5.41, 5.74) is 5.23. The van der Waals surface area contributed by atoms with Crippen molar-refractivity contribution in [3.05, 3.63) is 102 Å². The lowest BCUT2D eigenvalue weighted by Gasteiger charge is -2.15. The number of carbonyl (C=O) groups is 2. The molecule has 0 unspecified atom stereocenters. The van der Waals surface area contributed by atoms with E-state index in [1.165, 1.54) is 40.9 Å². The van der Waals surface area contributed by atoms with E-state index >= 15 is 0 Å². The van der Waals surface area contributed by atoms with Crippen LogP contribution in [0.15, 0.2) is 89.8 Å². The van der Waals surface area contributed by atoms with Crippen LogP contribution < -0.4 is 5.32 Å². The molecule has 1 N–H and O–H groups in total. The van der Waals surface area contributed by atoms with Gasteiger partial charge in [-0.3, -0.25) is 14.2 Å². The van der Waals surface area contributed by atoms with Gasteiger partial charge >= 0.3 is 0 Å². The number of aryl methyl sites for hydroxylation is 1. The summed E-state index contributed by atoms with van der Waals surface area (Å²) in [4.78, 5) is 26.6. The molecule has 4 aromatic rings. The largest absolute Gasteiger partial charge is 0.322 e. The van der Waals surface area contributed by atoms with E-state index in [0.717, 1.165) is 35.2 Å². The number of hydrogen-bond donors (Lipinski definition) is 1. The molecule has 1 aliphatic carbocycles. The van der Waals surface area contributed by atoms with Gasteiger partial charge in [0.1, 0.15) is 0 Å². The Morgan fingerprint density at radius 3 is 2.59 bits per heavy atom. The fourth-order valence-corrected chi connectivity index (χ4v) is 5.38. The standard InChI is InChI=1S/C29H26N2O2S/c32-28(18-17-21-9-2-1-3-10-21)30-22-11-8-12-23(19-22)34-20-29(33)31-26-15-6-4-13-24(26)25-14-5-7-16-27(25)31/h1-4,6,8-13,15,17-19H,5,7,14,16,20H2,(H,30,32)/b18-17+. The smallest absolute Gasteiger partial charge is 0.248 e. The number of nitrogens with one attached hydrogen (secondary N) is 1. The van der Waals surface area contributed by atoms with Crippen LogP contribution in [-0.2, 0) is 17.6 Å². The first kappa shape index (κ1) is 22.2. The summed E-state index contributed by atoms with van der Waals surface area (Å²) in [6, 6.07) is 25.6. The van der Waals surface area contributed by atoms with Crippen molar-refractivity contribution in [1.82, 2.24) is 4.57 Å². The number of benzene rings is 3. The van der Waals surface area contributed by atoms with E-state index < -0.39 is 0 Å². The second-order valence-electron chi connectivity index (χ2n) is 8.43. The van der Waals surface area contributed by atoms with E-state index in [1.54, 1.807) is 6.08 Å². The van der Waals surface area contributed by atoms with Crippen LogP contribution in [0.3, 0.4) is 0 Å². The number of fused-ring (bicyclic) bond motifs is 3. The first-order chi connectivity index (χ1) is 16.7. The Morgan fingerprint density at radius 2 is 1.71 bits per heavy atom. The van der Waals surface area contributed by atoms with Crippen LogP contribution in [0, 0.1) is 0 Å². The maximum Gasteiger partial charge on any atom is 0.248 e. The highest BCUT2D eigenvalue weighted by molar-refractivity contribution is 8.00. The maximum atomic E-state index is 13.3. The molecule has 4 nitrogen and oxygen atoms in total. The van der Waals surface area contributed by atoms with Gasteiger partial charge in [0, 0.05) is 27.7 Å². The third-order valence-corrected chi connectivity index (χ3v) is 7.10. The van der Waals surface area contributed by atoms with Crippen molar-refractivity contribution < 1.29 is 9.59 Å². The Morgan fingerprint density at radius 1 is 0.912 bits per heavy atom. The molecule has 0 atom stereocenters. The minimum Gasteiger partial charge on any atom is -0.322 e. The molecule has 170 valence electrons. The Balaban J connectivity index is 1.27. The van der Waals surface area contributed by atoms with Gasteiger partial charge in [0.2, 0.25) is 11.8 Å².